The van der Waals surface area contributed by atoms with Crippen LogP contribution in [0.1, 0.15) is 10.5 Å². The van der Waals surface area contributed by atoms with Gasteiger partial charge in [-0.05, 0) is 0 Å². The van der Waals surface area contributed by atoms with Gasteiger partial charge < -0.3 is 10.6 Å². The highest BCUT2D eigenvalue weighted by Crippen LogP contribution is 2.08. The van der Waals surface area contributed by atoms with E-state index in [1.54, 1.807) is 13.2 Å². The molecule has 0 aromatic carbocycles. The van der Waals surface area contributed by atoms with Crippen LogP contribution in [0.5, 0.6) is 0 Å². The van der Waals surface area contributed by atoms with Gasteiger partial charge in [0.25, 0.3) is 5.91 Å². The SMILES string of the molecule is CNc1cnc(C(=O)NCCN2CCSCC2)cn1. The van der Waals surface area contributed by atoms with Crippen LogP contribution in [0, 0.1) is 0 Å². The second kappa shape index (κ2) is 7.30. The van der Waals surface area contributed by atoms with Crippen molar-refractivity contribution in [2.75, 3.05) is 50.0 Å². The first-order valence-corrected chi connectivity index (χ1v) is 7.53. The lowest BCUT2D eigenvalue weighted by Crippen LogP contribution is -2.39. The van der Waals surface area contributed by atoms with Gasteiger partial charge in [0.1, 0.15) is 11.5 Å². The molecule has 19 heavy (non-hydrogen) atoms. The first-order chi connectivity index (χ1) is 9.29. The fraction of sp³-hybridized carbons (Fsp3) is 0.583. The molecule has 0 atom stereocenters. The van der Waals surface area contributed by atoms with Crippen LogP contribution in [-0.2, 0) is 0 Å². The summed E-state index contributed by atoms with van der Waals surface area (Å²) in [6.45, 7) is 3.77. The number of carbonyl (C=O) groups is 1. The molecule has 2 N–H and O–H groups in total. The monoisotopic (exact) mass is 281 g/mol. The third kappa shape index (κ3) is 4.36. The number of aromatic nitrogens is 2. The highest BCUT2D eigenvalue weighted by molar-refractivity contribution is 7.99. The smallest absolute Gasteiger partial charge is 0.271 e. The molecule has 6 nitrogen and oxygen atoms in total. The van der Waals surface area contributed by atoms with E-state index < -0.39 is 0 Å². The summed E-state index contributed by atoms with van der Waals surface area (Å²) in [5.74, 6) is 2.86. The summed E-state index contributed by atoms with van der Waals surface area (Å²) >= 11 is 1.99. The Hall–Kier alpha value is -1.34. The van der Waals surface area contributed by atoms with Crippen molar-refractivity contribution in [2.24, 2.45) is 0 Å². The molecule has 0 unspecified atom stereocenters. The summed E-state index contributed by atoms with van der Waals surface area (Å²) in [6, 6.07) is 0. The predicted octanol–water partition coefficient (Wildman–Crippen LogP) is 0.297. The lowest BCUT2D eigenvalue weighted by molar-refractivity contribution is 0.0943. The Labute approximate surface area is 117 Å². The largest absolute Gasteiger partial charge is 0.372 e. The number of amides is 1. The quantitative estimate of drug-likeness (QED) is 0.809. The maximum atomic E-state index is 11.8. The van der Waals surface area contributed by atoms with Crippen LogP contribution in [0.3, 0.4) is 0 Å². The summed E-state index contributed by atoms with van der Waals surface area (Å²) < 4.78 is 0. The molecular weight excluding hydrogens is 262 g/mol. The van der Waals surface area contributed by atoms with Gasteiger partial charge in [0, 0.05) is 44.7 Å². The standard InChI is InChI=1S/C12H19N5OS/c1-13-11-9-15-10(8-16-11)12(18)14-2-3-17-4-6-19-7-5-17/h8-9H,2-7H2,1H3,(H,13,16)(H,14,18). The average molecular weight is 281 g/mol. The number of anilines is 1. The Morgan fingerprint density at radius 3 is 2.79 bits per heavy atom. The number of hydrogen-bond donors (Lipinski definition) is 2. The molecule has 0 radical (unpaired) electrons. The third-order valence-electron chi connectivity index (χ3n) is 2.96. The molecule has 1 fully saturated rings. The molecule has 0 saturated carbocycles. The van der Waals surface area contributed by atoms with E-state index in [1.807, 2.05) is 11.8 Å². The minimum Gasteiger partial charge on any atom is -0.372 e. The fourth-order valence-corrected chi connectivity index (χ4v) is 2.80. The molecule has 1 aliphatic rings. The normalized spacial score (nSPS) is 16.1. The van der Waals surface area contributed by atoms with Gasteiger partial charge >= 0.3 is 0 Å². The lowest BCUT2D eigenvalue weighted by atomic mass is 10.4. The van der Waals surface area contributed by atoms with Crippen LogP contribution in [0.15, 0.2) is 12.4 Å². The summed E-state index contributed by atoms with van der Waals surface area (Å²) in [7, 11) is 1.76. The number of hydrogen-bond acceptors (Lipinski definition) is 6. The van der Waals surface area contributed by atoms with Crippen molar-refractivity contribution in [1.29, 1.82) is 0 Å². The van der Waals surface area contributed by atoms with E-state index in [0.717, 1.165) is 19.6 Å². The maximum absolute atomic E-state index is 11.8. The number of thioether (sulfide) groups is 1. The number of carbonyl (C=O) groups excluding carboxylic acids is 1. The van der Waals surface area contributed by atoms with Gasteiger partial charge in [-0.25, -0.2) is 9.97 Å². The van der Waals surface area contributed by atoms with E-state index in [2.05, 4.69) is 25.5 Å². The van der Waals surface area contributed by atoms with Crippen molar-refractivity contribution in [3.8, 4) is 0 Å². The molecule has 7 heteroatoms. The molecule has 1 aromatic rings. The highest BCUT2D eigenvalue weighted by Gasteiger charge is 2.11. The maximum Gasteiger partial charge on any atom is 0.271 e. The van der Waals surface area contributed by atoms with E-state index in [0.29, 0.717) is 18.1 Å². The van der Waals surface area contributed by atoms with E-state index in [4.69, 9.17) is 0 Å². The Morgan fingerprint density at radius 2 is 2.16 bits per heavy atom. The van der Waals surface area contributed by atoms with E-state index in [1.165, 1.54) is 17.7 Å². The van der Waals surface area contributed by atoms with Crippen molar-refractivity contribution >= 4 is 23.5 Å². The van der Waals surface area contributed by atoms with E-state index in [9.17, 15) is 4.79 Å². The van der Waals surface area contributed by atoms with Crippen LogP contribution >= 0.6 is 11.8 Å². The Bertz CT molecular complexity index is 405. The van der Waals surface area contributed by atoms with Crippen molar-refractivity contribution in [3.05, 3.63) is 18.1 Å². The van der Waals surface area contributed by atoms with Gasteiger partial charge in [0.05, 0.1) is 12.4 Å². The topological polar surface area (TPSA) is 70.2 Å². The molecule has 2 heterocycles. The predicted molar refractivity (Wildman–Crippen MR) is 77.7 cm³/mol. The van der Waals surface area contributed by atoms with Crippen molar-refractivity contribution in [3.63, 3.8) is 0 Å². The van der Waals surface area contributed by atoms with Crippen LogP contribution in [0.25, 0.3) is 0 Å². The number of rotatable bonds is 5. The van der Waals surface area contributed by atoms with Gasteiger partial charge in [-0.2, -0.15) is 11.8 Å². The molecule has 2 rings (SSSR count). The lowest BCUT2D eigenvalue weighted by Gasteiger charge is -2.25. The Balaban J connectivity index is 1.73. The van der Waals surface area contributed by atoms with Crippen molar-refractivity contribution in [1.82, 2.24) is 20.2 Å². The Morgan fingerprint density at radius 1 is 1.37 bits per heavy atom. The Kier molecular flexibility index (Phi) is 5.41. The van der Waals surface area contributed by atoms with Crippen molar-refractivity contribution in [2.45, 2.75) is 0 Å². The zero-order valence-electron chi connectivity index (χ0n) is 11.1. The molecule has 1 aromatic heterocycles. The van der Waals surface area contributed by atoms with E-state index >= 15 is 0 Å². The van der Waals surface area contributed by atoms with Crippen molar-refractivity contribution < 1.29 is 4.79 Å². The van der Waals surface area contributed by atoms with E-state index in [-0.39, 0.29) is 5.91 Å². The zero-order valence-corrected chi connectivity index (χ0v) is 11.9. The number of nitrogens with one attached hydrogen (secondary N) is 2. The molecule has 1 amide bonds. The first kappa shape index (κ1) is 14.1. The molecular formula is C12H19N5OS. The summed E-state index contributed by atoms with van der Waals surface area (Å²) in [6.07, 6.45) is 3.04. The average Bonchev–Trinajstić information content (AvgIpc) is 2.48. The van der Waals surface area contributed by atoms with Gasteiger partial charge in [0.15, 0.2) is 0 Å². The second-order valence-electron chi connectivity index (χ2n) is 4.25. The van der Waals surface area contributed by atoms with Crippen LogP contribution < -0.4 is 10.6 Å². The molecule has 0 aliphatic carbocycles. The fourth-order valence-electron chi connectivity index (χ4n) is 1.82. The first-order valence-electron chi connectivity index (χ1n) is 6.37. The number of nitrogens with zero attached hydrogens (tertiary/aromatic N) is 3. The van der Waals surface area contributed by atoms with Crippen LogP contribution in [0.4, 0.5) is 5.82 Å². The van der Waals surface area contributed by atoms with Gasteiger partial charge in [-0.15, -0.1) is 0 Å². The third-order valence-corrected chi connectivity index (χ3v) is 3.90. The molecule has 1 saturated heterocycles. The summed E-state index contributed by atoms with van der Waals surface area (Å²) in [5, 5.41) is 5.74. The molecule has 1 aliphatic heterocycles. The molecule has 0 bridgehead atoms. The molecule has 0 spiro atoms. The highest BCUT2D eigenvalue weighted by atomic mass is 32.2. The molecule has 104 valence electrons. The minimum absolute atomic E-state index is 0.165. The zero-order chi connectivity index (χ0) is 13.5. The van der Waals surface area contributed by atoms with Gasteiger partial charge in [0.2, 0.25) is 0 Å². The summed E-state index contributed by atoms with van der Waals surface area (Å²) in [5.41, 5.74) is 0.355. The van der Waals surface area contributed by atoms with Gasteiger partial charge in [-0.1, -0.05) is 0 Å². The van der Waals surface area contributed by atoms with Crippen LogP contribution in [-0.4, -0.2) is 65.5 Å². The van der Waals surface area contributed by atoms with Gasteiger partial charge in [-0.3, -0.25) is 9.69 Å². The summed E-state index contributed by atoms with van der Waals surface area (Å²) in [4.78, 5) is 22.3. The van der Waals surface area contributed by atoms with Crippen LogP contribution in [0.2, 0.25) is 0 Å². The minimum atomic E-state index is -0.165. The second-order valence-corrected chi connectivity index (χ2v) is 5.47.